The fourth-order valence-electron chi connectivity index (χ4n) is 2.47. The molecular weight excluding hydrogens is 241 g/mol. The minimum Gasteiger partial charge on any atom is -0.299 e. The molecular formula is C14H15F3O. The van der Waals surface area contributed by atoms with Crippen LogP contribution in [0.5, 0.6) is 0 Å². The van der Waals surface area contributed by atoms with E-state index >= 15 is 0 Å². The van der Waals surface area contributed by atoms with Crippen molar-refractivity contribution < 1.29 is 18.0 Å². The second kappa shape index (κ2) is 5.55. The van der Waals surface area contributed by atoms with Gasteiger partial charge in [-0.2, -0.15) is 0 Å². The molecule has 0 radical (unpaired) electrons. The quantitative estimate of drug-likeness (QED) is 0.749. The van der Waals surface area contributed by atoms with E-state index in [1.165, 1.54) is 0 Å². The van der Waals surface area contributed by atoms with E-state index in [2.05, 4.69) is 0 Å². The number of carbonyl (C=O) groups excluding carboxylic acids is 1. The molecule has 0 aromatic heterocycles. The lowest BCUT2D eigenvalue weighted by Crippen LogP contribution is -2.11. The Morgan fingerprint density at radius 2 is 1.67 bits per heavy atom. The largest absolute Gasteiger partial charge is 0.299 e. The van der Waals surface area contributed by atoms with Crippen LogP contribution in [-0.4, -0.2) is 5.78 Å². The van der Waals surface area contributed by atoms with Crippen molar-refractivity contribution in [2.75, 3.05) is 0 Å². The van der Waals surface area contributed by atoms with Crippen molar-refractivity contribution in [1.82, 2.24) is 0 Å². The van der Waals surface area contributed by atoms with Gasteiger partial charge in [0, 0.05) is 12.3 Å². The van der Waals surface area contributed by atoms with E-state index < -0.39 is 17.5 Å². The van der Waals surface area contributed by atoms with E-state index in [0.717, 1.165) is 37.8 Å². The number of ketones is 1. The molecule has 1 aliphatic carbocycles. The molecule has 1 fully saturated rings. The summed E-state index contributed by atoms with van der Waals surface area (Å²) in [6.07, 6.45) is 4.54. The van der Waals surface area contributed by atoms with Crippen LogP contribution in [0, 0.1) is 23.4 Å². The molecule has 0 aliphatic heterocycles. The molecule has 0 saturated heterocycles. The Morgan fingerprint density at radius 1 is 1.11 bits per heavy atom. The van der Waals surface area contributed by atoms with Crippen LogP contribution in [-0.2, 0) is 11.2 Å². The van der Waals surface area contributed by atoms with Crippen molar-refractivity contribution in [2.24, 2.45) is 5.92 Å². The van der Waals surface area contributed by atoms with Crippen LogP contribution in [0.2, 0.25) is 0 Å². The molecule has 1 nitrogen and oxygen atoms in total. The summed E-state index contributed by atoms with van der Waals surface area (Å²) in [5.41, 5.74) is 0.331. The van der Waals surface area contributed by atoms with E-state index in [1.54, 1.807) is 0 Å². The summed E-state index contributed by atoms with van der Waals surface area (Å²) in [6, 6.07) is 1.92. The summed E-state index contributed by atoms with van der Waals surface area (Å²) in [6.45, 7) is 0. The Labute approximate surface area is 104 Å². The lowest BCUT2D eigenvalue weighted by Gasteiger charge is -2.08. The topological polar surface area (TPSA) is 17.1 Å². The lowest BCUT2D eigenvalue weighted by atomic mass is 9.97. The predicted octanol–water partition coefficient (Wildman–Crippen LogP) is 3.80. The monoisotopic (exact) mass is 256 g/mol. The third kappa shape index (κ3) is 2.92. The van der Waals surface area contributed by atoms with Gasteiger partial charge >= 0.3 is 0 Å². The van der Waals surface area contributed by atoms with Crippen LogP contribution in [0.3, 0.4) is 0 Å². The fourth-order valence-corrected chi connectivity index (χ4v) is 2.47. The Morgan fingerprint density at radius 3 is 2.22 bits per heavy atom. The first-order valence-corrected chi connectivity index (χ1v) is 6.24. The van der Waals surface area contributed by atoms with Crippen molar-refractivity contribution in [1.29, 1.82) is 0 Å². The number of aryl methyl sites for hydroxylation is 1. The van der Waals surface area contributed by atoms with E-state index in [1.807, 2.05) is 0 Å². The highest BCUT2D eigenvalue weighted by Gasteiger charge is 2.22. The smallest absolute Gasteiger partial charge is 0.194 e. The first-order chi connectivity index (χ1) is 8.58. The average Bonchev–Trinajstić information content (AvgIpc) is 2.86. The Kier molecular flexibility index (Phi) is 4.04. The van der Waals surface area contributed by atoms with Crippen molar-refractivity contribution in [3.8, 4) is 0 Å². The molecule has 1 saturated carbocycles. The van der Waals surface area contributed by atoms with E-state index in [4.69, 9.17) is 0 Å². The van der Waals surface area contributed by atoms with Gasteiger partial charge in [0.1, 0.15) is 5.78 Å². The van der Waals surface area contributed by atoms with Gasteiger partial charge in [-0.05, 0) is 37.0 Å². The van der Waals surface area contributed by atoms with Gasteiger partial charge in [0.2, 0.25) is 0 Å². The van der Waals surface area contributed by atoms with Crippen LogP contribution in [0.4, 0.5) is 13.2 Å². The van der Waals surface area contributed by atoms with Gasteiger partial charge in [0.25, 0.3) is 0 Å². The van der Waals surface area contributed by atoms with Crippen LogP contribution in [0.1, 0.15) is 37.7 Å². The zero-order valence-electron chi connectivity index (χ0n) is 10.0. The predicted molar refractivity (Wildman–Crippen MR) is 61.6 cm³/mol. The van der Waals surface area contributed by atoms with Gasteiger partial charge in [-0.3, -0.25) is 4.79 Å². The van der Waals surface area contributed by atoms with Crippen LogP contribution in [0.15, 0.2) is 12.1 Å². The van der Waals surface area contributed by atoms with Crippen molar-refractivity contribution >= 4 is 5.78 Å². The minimum atomic E-state index is -1.46. The van der Waals surface area contributed by atoms with Crippen molar-refractivity contribution in [3.05, 3.63) is 35.1 Å². The molecule has 98 valence electrons. The van der Waals surface area contributed by atoms with Crippen LogP contribution in [0.25, 0.3) is 0 Å². The summed E-state index contributed by atoms with van der Waals surface area (Å²) in [7, 11) is 0. The molecule has 0 bridgehead atoms. The number of benzene rings is 1. The summed E-state index contributed by atoms with van der Waals surface area (Å²) >= 11 is 0. The maximum absolute atomic E-state index is 13.0. The zero-order chi connectivity index (χ0) is 13.1. The van der Waals surface area contributed by atoms with Gasteiger partial charge in [0.15, 0.2) is 17.5 Å². The van der Waals surface area contributed by atoms with Crippen molar-refractivity contribution in [3.63, 3.8) is 0 Å². The summed E-state index contributed by atoms with van der Waals surface area (Å²) in [4.78, 5) is 11.8. The molecule has 0 unspecified atom stereocenters. The molecule has 0 heterocycles. The van der Waals surface area contributed by atoms with E-state index in [-0.39, 0.29) is 24.5 Å². The first-order valence-electron chi connectivity index (χ1n) is 6.24. The van der Waals surface area contributed by atoms with Gasteiger partial charge < -0.3 is 0 Å². The van der Waals surface area contributed by atoms with Crippen LogP contribution >= 0.6 is 0 Å². The summed E-state index contributed by atoms with van der Waals surface area (Å²) in [5.74, 6) is -3.59. The molecule has 0 spiro atoms. The molecule has 4 heteroatoms. The second-order valence-corrected chi connectivity index (χ2v) is 4.82. The Hall–Kier alpha value is -1.32. The maximum Gasteiger partial charge on any atom is 0.194 e. The molecule has 18 heavy (non-hydrogen) atoms. The standard InChI is InChI=1S/C14H15F3O/c15-11-7-9(8-12(16)14(11)17)5-6-13(18)10-3-1-2-4-10/h7-8,10H,1-6H2. The molecule has 1 aromatic rings. The molecule has 0 amide bonds. The summed E-state index contributed by atoms with van der Waals surface area (Å²) in [5, 5.41) is 0. The highest BCUT2D eigenvalue weighted by atomic mass is 19.2. The number of carbonyl (C=O) groups is 1. The third-order valence-corrected chi connectivity index (χ3v) is 3.51. The average molecular weight is 256 g/mol. The molecule has 0 N–H and O–H groups in total. The van der Waals surface area contributed by atoms with Crippen LogP contribution < -0.4 is 0 Å². The molecule has 2 rings (SSSR count). The van der Waals surface area contributed by atoms with Gasteiger partial charge in [0.05, 0.1) is 0 Å². The minimum absolute atomic E-state index is 0.111. The highest BCUT2D eigenvalue weighted by molar-refractivity contribution is 5.81. The summed E-state index contributed by atoms with van der Waals surface area (Å²) < 4.78 is 38.7. The first kappa shape index (κ1) is 13.1. The van der Waals surface area contributed by atoms with Gasteiger partial charge in [-0.1, -0.05) is 12.8 Å². The third-order valence-electron chi connectivity index (χ3n) is 3.51. The Bertz CT molecular complexity index is 427. The number of hydrogen-bond donors (Lipinski definition) is 0. The maximum atomic E-state index is 13.0. The fraction of sp³-hybridized carbons (Fsp3) is 0.500. The van der Waals surface area contributed by atoms with Gasteiger partial charge in [-0.25, -0.2) is 13.2 Å². The van der Waals surface area contributed by atoms with Gasteiger partial charge in [-0.15, -0.1) is 0 Å². The zero-order valence-corrected chi connectivity index (χ0v) is 10.0. The Balaban J connectivity index is 1.95. The normalized spacial score (nSPS) is 16.2. The number of hydrogen-bond acceptors (Lipinski definition) is 1. The lowest BCUT2D eigenvalue weighted by molar-refractivity contribution is -0.122. The molecule has 1 aromatic carbocycles. The van der Waals surface area contributed by atoms with E-state index in [9.17, 15) is 18.0 Å². The number of Topliss-reactive ketones (excluding diaryl/α,β-unsaturated/α-hetero) is 1. The molecule has 0 atom stereocenters. The SMILES string of the molecule is O=C(CCc1cc(F)c(F)c(F)c1)C1CCCC1. The number of halogens is 3. The second-order valence-electron chi connectivity index (χ2n) is 4.82. The van der Waals surface area contributed by atoms with E-state index in [0.29, 0.717) is 5.56 Å². The highest BCUT2D eigenvalue weighted by Crippen LogP contribution is 2.27. The number of rotatable bonds is 4. The molecule has 1 aliphatic rings. The van der Waals surface area contributed by atoms with Crippen molar-refractivity contribution in [2.45, 2.75) is 38.5 Å².